The van der Waals surface area contributed by atoms with Gasteiger partial charge >= 0.3 is 12.7 Å². The van der Waals surface area contributed by atoms with Crippen LogP contribution in [0.25, 0.3) is 0 Å². The third-order valence-electron chi connectivity index (χ3n) is 1.79. The minimum absolute atomic E-state index is 0.0588. The highest BCUT2D eigenvalue weighted by molar-refractivity contribution is 5.38. The van der Waals surface area contributed by atoms with E-state index < -0.39 is 24.2 Å². The Kier molecular flexibility index (Phi) is 4.51. The molecule has 3 nitrogen and oxygen atoms in total. The second kappa shape index (κ2) is 5.55. The number of halogens is 6. The zero-order valence-electron chi connectivity index (χ0n) is 9.52. The largest absolute Gasteiger partial charge is 0.573 e. The molecule has 0 aliphatic rings. The average molecular weight is 289 g/mol. The fourth-order valence-electron chi connectivity index (χ4n) is 1.32. The van der Waals surface area contributed by atoms with Crippen molar-refractivity contribution in [1.29, 1.82) is 0 Å². The molecule has 0 saturated heterocycles. The lowest BCUT2D eigenvalue weighted by molar-refractivity contribution is -0.276. The van der Waals surface area contributed by atoms with E-state index in [1.165, 1.54) is 7.05 Å². The van der Waals surface area contributed by atoms with E-state index in [-0.39, 0.29) is 12.1 Å². The van der Waals surface area contributed by atoms with Gasteiger partial charge in [0, 0.05) is 12.6 Å². The molecule has 0 aromatic heterocycles. The summed E-state index contributed by atoms with van der Waals surface area (Å²) in [6.45, 7) is 0.0588. The van der Waals surface area contributed by atoms with Gasteiger partial charge < -0.3 is 14.8 Å². The van der Waals surface area contributed by atoms with Crippen molar-refractivity contribution < 1.29 is 35.8 Å². The lowest BCUT2D eigenvalue weighted by Crippen LogP contribution is -2.19. The normalized spacial score (nSPS) is 12.4. The van der Waals surface area contributed by atoms with E-state index in [2.05, 4.69) is 14.8 Å². The Morgan fingerprint density at radius 1 is 0.895 bits per heavy atom. The van der Waals surface area contributed by atoms with Crippen LogP contribution in [0.5, 0.6) is 11.5 Å². The number of hydrogen-bond donors (Lipinski definition) is 1. The van der Waals surface area contributed by atoms with E-state index in [0.717, 1.165) is 12.1 Å². The van der Waals surface area contributed by atoms with E-state index in [1.54, 1.807) is 0 Å². The van der Waals surface area contributed by atoms with Crippen LogP contribution in [0, 0.1) is 0 Å². The van der Waals surface area contributed by atoms with Gasteiger partial charge in [0.15, 0.2) is 0 Å². The predicted molar refractivity (Wildman–Crippen MR) is 52.6 cm³/mol. The molecule has 0 atom stereocenters. The Morgan fingerprint density at radius 2 is 1.32 bits per heavy atom. The lowest BCUT2D eigenvalue weighted by Gasteiger charge is -2.14. The highest BCUT2D eigenvalue weighted by Crippen LogP contribution is 2.31. The first-order valence-electron chi connectivity index (χ1n) is 4.89. The first kappa shape index (κ1) is 15.4. The number of ether oxygens (including phenoxy) is 2. The van der Waals surface area contributed by atoms with Crippen molar-refractivity contribution in [2.75, 3.05) is 7.05 Å². The van der Waals surface area contributed by atoms with Gasteiger partial charge in [0.05, 0.1) is 0 Å². The molecule has 0 bridgehead atoms. The van der Waals surface area contributed by atoms with Crippen LogP contribution in [0.1, 0.15) is 5.56 Å². The molecule has 0 aliphatic heterocycles. The maximum absolute atomic E-state index is 12.0. The summed E-state index contributed by atoms with van der Waals surface area (Å²) in [5.41, 5.74) is 0.156. The second-order valence-corrected chi connectivity index (χ2v) is 3.44. The molecule has 0 amide bonds. The number of nitrogens with one attached hydrogen (secondary N) is 1. The topological polar surface area (TPSA) is 30.5 Å². The maximum atomic E-state index is 12.0. The van der Waals surface area contributed by atoms with Gasteiger partial charge in [-0.1, -0.05) is 0 Å². The van der Waals surface area contributed by atoms with Crippen LogP contribution in [0.4, 0.5) is 26.3 Å². The monoisotopic (exact) mass is 289 g/mol. The first-order chi connectivity index (χ1) is 8.59. The van der Waals surface area contributed by atoms with Crippen molar-refractivity contribution >= 4 is 0 Å². The highest BCUT2D eigenvalue weighted by Gasteiger charge is 2.33. The van der Waals surface area contributed by atoms with Crippen LogP contribution < -0.4 is 14.8 Å². The van der Waals surface area contributed by atoms with Gasteiger partial charge in [-0.3, -0.25) is 0 Å². The third kappa shape index (κ3) is 6.18. The van der Waals surface area contributed by atoms with Crippen molar-refractivity contribution in [3.05, 3.63) is 23.8 Å². The molecule has 0 saturated carbocycles. The third-order valence-corrected chi connectivity index (χ3v) is 1.79. The molecule has 1 aromatic rings. The van der Waals surface area contributed by atoms with Gasteiger partial charge in [-0.25, -0.2) is 0 Å². The molecule has 0 spiro atoms. The molecule has 1 aromatic carbocycles. The summed E-state index contributed by atoms with van der Waals surface area (Å²) in [6.07, 6.45) is -9.98. The Balaban J connectivity index is 3.03. The Morgan fingerprint density at radius 3 is 1.63 bits per heavy atom. The van der Waals surface area contributed by atoms with E-state index >= 15 is 0 Å². The molecule has 108 valence electrons. The van der Waals surface area contributed by atoms with Crippen molar-refractivity contribution in [1.82, 2.24) is 5.32 Å². The Hall–Kier alpha value is -1.64. The molecule has 0 aliphatic carbocycles. The van der Waals surface area contributed by atoms with Crippen molar-refractivity contribution in [2.45, 2.75) is 19.3 Å². The van der Waals surface area contributed by atoms with Gasteiger partial charge in [0.25, 0.3) is 0 Å². The quantitative estimate of drug-likeness (QED) is 0.863. The van der Waals surface area contributed by atoms with Crippen LogP contribution in [0.15, 0.2) is 18.2 Å². The molecular formula is C10H9F6NO2. The van der Waals surface area contributed by atoms with Gasteiger partial charge in [-0.15, -0.1) is 26.3 Å². The molecule has 0 fully saturated rings. The Bertz CT molecular complexity index is 395. The fourth-order valence-corrected chi connectivity index (χ4v) is 1.32. The smallest absolute Gasteiger partial charge is 0.406 e. The van der Waals surface area contributed by atoms with Crippen LogP contribution in [0.3, 0.4) is 0 Å². The van der Waals surface area contributed by atoms with Crippen molar-refractivity contribution in [2.24, 2.45) is 0 Å². The van der Waals surface area contributed by atoms with E-state index in [1.807, 2.05) is 0 Å². The molecule has 19 heavy (non-hydrogen) atoms. The SMILES string of the molecule is CNCc1cc(OC(F)(F)F)cc(OC(F)(F)F)c1. The first-order valence-corrected chi connectivity index (χ1v) is 4.89. The number of benzene rings is 1. The van der Waals surface area contributed by atoms with Gasteiger partial charge in [-0.05, 0) is 24.7 Å². The fraction of sp³-hybridized carbons (Fsp3) is 0.400. The molecule has 9 heteroatoms. The predicted octanol–water partition coefficient (Wildman–Crippen LogP) is 3.20. The van der Waals surface area contributed by atoms with E-state index in [0.29, 0.717) is 6.07 Å². The Labute approximate surface area is 104 Å². The zero-order valence-corrected chi connectivity index (χ0v) is 9.52. The molecule has 0 radical (unpaired) electrons. The average Bonchev–Trinajstić information content (AvgIpc) is 2.11. The van der Waals surface area contributed by atoms with Gasteiger partial charge in [0.1, 0.15) is 11.5 Å². The summed E-state index contributed by atoms with van der Waals surface area (Å²) in [4.78, 5) is 0. The molecular weight excluding hydrogens is 280 g/mol. The number of alkyl halides is 6. The summed E-state index contributed by atoms with van der Waals surface area (Å²) in [5, 5.41) is 2.59. The van der Waals surface area contributed by atoms with Crippen molar-refractivity contribution in [3.63, 3.8) is 0 Å². The summed E-state index contributed by atoms with van der Waals surface area (Å²) in [7, 11) is 1.49. The van der Waals surface area contributed by atoms with Gasteiger partial charge in [-0.2, -0.15) is 0 Å². The molecule has 0 unspecified atom stereocenters. The standard InChI is InChI=1S/C10H9F6NO2/c1-17-5-6-2-7(18-9(11,12)13)4-8(3-6)19-10(14,15)16/h2-4,17H,5H2,1H3. The van der Waals surface area contributed by atoms with Crippen molar-refractivity contribution in [3.8, 4) is 11.5 Å². The minimum atomic E-state index is -4.99. The number of hydrogen-bond acceptors (Lipinski definition) is 3. The summed E-state index contributed by atoms with van der Waals surface area (Å²) in [6, 6.07) is 2.45. The zero-order chi connectivity index (χ0) is 14.7. The lowest BCUT2D eigenvalue weighted by atomic mass is 10.2. The summed E-state index contributed by atoms with van der Waals surface area (Å²) in [5.74, 6) is -1.56. The maximum Gasteiger partial charge on any atom is 0.573 e. The van der Waals surface area contributed by atoms with Crippen LogP contribution in [-0.2, 0) is 6.54 Å². The van der Waals surface area contributed by atoms with Crippen LogP contribution in [-0.4, -0.2) is 19.8 Å². The van der Waals surface area contributed by atoms with E-state index in [9.17, 15) is 26.3 Å². The highest BCUT2D eigenvalue weighted by atomic mass is 19.4. The molecule has 1 N–H and O–H groups in total. The van der Waals surface area contributed by atoms with Crippen LogP contribution in [0.2, 0.25) is 0 Å². The summed E-state index contributed by atoms with van der Waals surface area (Å²) < 4.78 is 79.3. The molecule has 0 heterocycles. The minimum Gasteiger partial charge on any atom is -0.406 e. The molecule has 1 rings (SSSR count). The summed E-state index contributed by atoms with van der Waals surface area (Å²) >= 11 is 0. The second-order valence-electron chi connectivity index (χ2n) is 3.44. The number of rotatable bonds is 4. The van der Waals surface area contributed by atoms with E-state index in [4.69, 9.17) is 0 Å². The van der Waals surface area contributed by atoms with Crippen LogP contribution >= 0.6 is 0 Å². The van der Waals surface area contributed by atoms with Gasteiger partial charge in [0.2, 0.25) is 0 Å².